The van der Waals surface area contributed by atoms with Gasteiger partial charge in [-0.1, -0.05) is 64.5 Å². The van der Waals surface area contributed by atoms with Crippen molar-refractivity contribution in [1.29, 1.82) is 0 Å². The molecule has 0 saturated carbocycles. The number of ether oxygens (including phenoxy) is 1. The van der Waals surface area contributed by atoms with Crippen molar-refractivity contribution in [1.82, 2.24) is 9.78 Å². The summed E-state index contributed by atoms with van der Waals surface area (Å²) in [5.41, 5.74) is 4.08. The van der Waals surface area contributed by atoms with Gasteiger partial charge in [-0.25, -0.2) is 0 Å². The standard InChI is InChI=1S/C26H18BrN3O2/c1-29-21-10-6-5-9-20(21)26(25(29)31)15-16-32-24-22(26)23(17-11-13-18(27)14-12-17)28-30(24)19-7-3-2-4-8-19/h2-16H,1H3/t26-/m0/s1. The molecule has 0 saturated heterocycles. The molecule has 6 rings (SSSR count). The van der Waals surface area contributed by atoms with E-state index in [1.807, 2.05) is 92.0 Å². The SMILES string of the molecule is CN1C(=O)[C@@]2(C=COc3c2c(-c2ccc(Br)cc2)nn3-c2ccccc2)c2ccccc21. The van der Waals surface area contributed by atoms with Crippen molar-refractivity contribution in [3.05, 3.63) is 107 Å². The first-order chi connectivity index (χ1) is 15.6. The summed E-state index contributed by atoms with van der Waals surface area (Å²) >= 11 is 3.51. The molecule has 1 amide bonds. The van der Waals surface area contributed by atoms with Crippen LogP contribution in [-0.4, -0.2) is 22.7 Å². The van der Waals surface area contributed by atoms with Crippen molar-refractivity contribution in [3.63, 3.8) is 0 Å². The van der Waals surface area contributed by atoms with Crippen molar-refractivity contribution in [2.45, 2.75) is 5.41 Å². The zero-order valence-corrected chi connectivity index (χ0v) is 18.8. The molecule has 0 unspecified atom stereocenters. The number of anilines is 1. The van der Waals surface area contributed by atoms with Crippen LogP contribution in [0.15, 0.2) is 95.7 Å². The smallest absolute Gasteiger partial charge is 0.246 e. The van der Waals surface area contributed by atoms with Gasteiger partial charge in [-0.05, 0) is 36.4 Å². The quantitative estimate of drug-likeness (QED) is 0.379. The Morgan fingerprint density at radius 1 is 0.938 bits per heavy atom. The first-order valence-electron chi connectivity index (χ1n) is 10.3. The van der Waals surface area contributed by atoms with E-state index < -0.39 is 5.41 Å². The topological polar surface area (TPSA) is 47.4 Å². The minimum absolute atomic E-state index is 0.0227. The maximum absolute atomic E-state index is 13.9. The lowest BCUT2D eigenvalue weighted by Crippen LogP contribution is -2.39. The number of halogens is 1. The third-order valence-electron chi connectivity index (χ3n) is 6.19. The van der Waals surface area contributed by atoms with E-state index in [4.69, 9.17) is 9.84 Å². The van der Waals surface area contributed by atoms with Gasteiger partial charge in [0, 0.05) is 28.3 Å². The monoisotopic (exact) mass is 483 g/mol. The Kier molecular flexibility index (Phi) is 4.13. The van der Waals surface area contributed by atoms with E-state index in [9.17, 15) is 4.79 Å². The lowest BCUT2D eigenvalue weighted by Gasteiger charge is -2.28. The number of hydrogen-bond acceptors (Lipinski definition) is 3. The molecule has 2 aliphatic heterocycles. The molecular formula is C26H18BrN3O2. The van der Waals surface area contributed by atoms with E-state index in [1.165, 1.54) is 0 Å². The number of amides is 1. The number of carbonyl (C=O) groups is 1. The molecule has 1 atom stereocenters. The molecule has 0 radical (unpaired) electrons. The molecule has 0 bridgehead atoms. The van der Waals surface area contributed by atoms with Crippen molar-refractivity contribution in [2.24, 2.45) is 0 Å². The molecule has 32 heavy (non-hydrogen) atoms. The van der Waals surface area contributed by atoms with Crippen molar-refractivity contribution >= 4 is 27.5 Å². The van der Waals surface area contributed by atoms with Crippen LogP contribution in [0.25, 0.3) is 16.9 Å². The Balaban J connectivity index is 1.71. The molecule has 0 N–H and O–H groups in total. The van der Waals surface area contributed by atoms with E-state index in [0.29, 0.717) is 5.88 Å². The molecule has 2 aliphatic rings. The summed E-state index contributed by atoms with van der Waals surface area (Å²) in [6.07, 6.45) is 3.47. The van der Waals surface area contributed by atoms with Crippen molar-refractivity contribution < 1.29 is 9.53 Å². The van der Waals surface area contributed by atoms with Crippen LogP contribution in [0.3, 0.4) is 0 Å². The molecule has 1 aromatic heterocycles. The van der Waals surface area contributed by atoms with Gasteiger partial charge < -0.3 is 9.64 Å². The molecule has 1 spiro atoms. The molecular weight excluding hydrogens is 466 g/mol. The summed E-state index contributed by atoms with van der Waals surface area (Å²) < 4.78 is 8.82. The molecule has 3 aromatic carbocycles. The lowest BCUT2D eigenvalue weighted by molar-refractivity contribution is -0.120. The fourth-order valence-electron chi connectivity index (χ4n) is 4.70. The highest BCUT2D eigenvalue weighted by atomic mass is 79.9. The first kappa shape index (κ1) is 19.1. The van der Waals surface area contributed by atoms with E-state index >= 15 is 0 Å². The summed E-state index contributed by atoms with van der Waals surface area (Å²) in [6.45, 7) is 0. The Morgan fingerprint density at radius 2 is 1.66 bits per heavy atom. The number of hydrogen-bond donors (Lipinski definition) is 0. The Labute approximate surface area is 193 Å². The predicted molar refractivity (Wildman–Crippen MR) is 127 cm³/mol. The third-order valence-corrected chi connectivity index (χ3v) is 6.71. The maximum atomic E-state index is 13.9. The van der Waals surface area contributed by atoms with Gasteiger partial charge in [0.2, 0.25) is 11.8 Å². The van der Waals surface area contributed by atoms with Crippen LogP contribution in [0.2, 0.25) is 0 Å². The number of benzene rings is 3. The van der Waals surface area contributed by atoms with Crippen molar-refractivity contribution in [3.8, 4) is 22.8 Å². The Morgan fingerprint density at radius 3 is 2.44 bits per heavy atom. The summed E-state index contributed by atoms with van der Waals surface area (Å²) in [5, 5.41) is 4.98. The molecule has 0 aliphatic carbocycles. The summed E-state index contributed by atoms with van der Waals surface area (Å²) in [5.74, 6) is 0.528. The highest BCUT2D eigenvalue weighted by Crippen LogP contribution is 2.54. The van der Waals surface area contributed by atoms with Gasteiger partial charge in [-0.15, -0.1) is 0 Å². The predicted octanol–water partition coefficient (Wildman–Crippen LogP) is 5.47. The molecule has 6 heteroatoms. The average molecular weight is 484 g/mol. The first-order valence-corrected chi connectivity index (χ1v) is 11.1. The van der Waals surface area contributed by atoms with Gasteiger partial charge in [0.15, 0.2) is 0 Å². The van der Waals surface area contributed by atoms with E-state index in [-0.39, 0.29) is 5.91 Å². The number of nitrogens with zero attached hydrogens (tertiary/aromatic N) is 3. The number of para-hydroxylation sites is 2. The molecule has 3 heterocycles. The minimum atomic E-state index is -1.01. The fourth-order valence-corrected chi connectivity index (χ4v) is 4.96. The molecule has 4 aromatic rings. The molecule has 156 valence electrons. The van der Waals surface area contributed by atoms with Crippen LogP contribution >= 0.6 is 15.9 Å². The third kappa shape index (κ3) is 2.50. The van der Waals surface area contributed by atoms with Crippen LogP contribution in [0.4, 0.5) is 5.69 Å². The van der Waals surface area contributed by atoms with Crippen LogP contribution in [0, 0.1) is 0 Å². The van der Waals surface area contributed by atoms with Gasteiger partial charge in [-0.2, -0.15) is 9.78 Å². The van der Waals surface area contributed by atoms with Gasteiger partial charge in [0.25, 0.3) is 0 Å². The lowest BCUT2D eigenvalue weighted by atomic mass is 9.73. The maximum Gasteiger partial charge on any atom is 0.246 e. The van der Waals surface area contributed by atoms with Gasteiger partial charge >= 0.3 is 0 Å². The van der Waals surface area contributed by atoms with E-state index in [0.717, 1.165) is 38.2 Å². The van der Waals surface area contributed by atoms with Gasteiger partial charge in [0.05, 0.1) is 17.5 Å². The second-order valence-corrected chi connectivity index (χ2v) is 8.81. The summed E-state index contributed by atoms with van der Waals surface area (Å²) in [7, 11) is 1.82. The summed E-state index contributed by atoms with van der Waals surface area (Å²) in [6, 6.07) is 25.7. The van der Waals surface area contributed by atoms with Crippen LogP contribution in [-0.2, 0) is 10.2 Å². The van der Waals surface area contributed by atoms with E-state index in [2.05, 4.69) is 15.9 Å². The van der Waals surface area contributed by atoms with Crippen LogP contribution in [0.1, 0.15) is 11.1 Å². The largest absolute Gasteiger partial charge is 0.447 e. The Bertz CT molecular complexity index is 1390. The number of carbonyl (C=O) groups excluding carboxylic acids is 1. The number of likely N-dealkylation sites (N-methyl/N-ethyl adjacent to an activating group) is 1. The fraction of sp³-hybridized carbons (Fsp3) is 0.0769. The van der Waals surface area contributed by atoms with Gasteiger partial charge in [0.1, 0.15) is 11.1 Å². The second kappa shape index (κ2) is 6.93. The molecule has 5 nitrogen and oxygen atoms in total. The zero-order valence-electron chi connectivity index (χ0n) is 17.2. The number of fused-ring (bicyclic) bond motifs is 4. The number of aromatic nitrogens is 2. The highest BCUT2D eigenvalue weighted by Gasteiger charge is 2.55. The second-order valence-electron chi connectivity index (χ2n) is 7.89. The van der Waals surface area contributed by atoms with Crippen molar-refractivity contribution in [2.75, 3.05) is 11.9 Å². The van der Waals surface area contributed by atoms with Gasteiger partial charge in [-0.3, -0.25) is 4.79 Å². The van der Waals surface area contributed by atoms with Crippen LogP contribution < -0.4 is 9.64 Å². The normalized spacial score (nSPS) is 18.6. The minimum Gasteiger partial charge on any atom is -0.447 e. The zero-order chi connectivity index (χ0) is 21.9. The number of rotatable bonds is 2. The highest BCUT2D eigenvalue weighted by molar-refractivity contribution is 9.10. The van der Waals surface area contributed by atoms with E-state index in [1.54, 1.807) is 15.8 Å². The summed E-state index contributed by atoms with van der Waals surface area (Å²) in [4.78, 5) is 15.6. The average Bonchev–Trinajstić information content (AvgIpc) is 3.32. The molecule has 0 fully saturated rings. The van der Waals surface area contributed by atoms with Crippen LogP contribution in [0.5, 0.6) is 5.88 Å². The Hall–Kier alpha value is -3.64.